The average molecular weight is 319 g/mol. The van der Waals surface area contributed by atoms with Gasteiger partial charge in [-0.1, -0.05) is 11.6 Å². The number of pyridine rings is 1. The standard InChI is InChI=1S/C11H9BrClNO3/c1-16-6-3-7(17-2)10-8(9(6)13)11(15)5(12)4-14-10/h3-4H,1-2H3,(H,14,15). The smallest absolute Gasteiger partial charge is 0.205 e. The highest BCUT2D eigenvalue weighted by atomic mass is 79.9. The third-order valence-corrected chi connectivity index (χ3v) is 3.39. The predicted molar refractivity (Wildman–Crippen MR) is 70.4 cm³/mol. The minimum absolute atomic E-state index is 0.207. The van der Waals surface area contributed by atoms with Crippen LogP contribution in [0.4, 0.5) is 0 Å². The molecular weight excluding hydrogens is 309 g/mol. The Morgan fingerprint density at radius 3 is 2.53 bits per heavy atom. The largest absolute Gasteiger partial charge is 0.495 e. The van der Waals surface area contributed by atoms with Crippen molar-refractivity contribution < 1.29 is 9.47 Å². The first-order valence-corrected chi connectivity index (χ1v) is 5.88. The number of aromatic amines is 1. The lowest BCUT2D eigenvalue weighted by molar-refractivity contribution is 0.397. The van der Waals surface area contributed by atoms with Gasteiger partial charge in [0.2, 0.25) is 5.43 Å². The van der Waals surface area contributed by atoms with Crippen LogP contribution in [0.3, 0.4) is 0 Å². The number of aromatic nitrogens is 1. The van der Waals surface area contributed by atoms with Crippen LogP contribution in [0.1, 0.15) is 0 Å². The van der Waals surface area contributed by atoms with E-state index in [1.54, 1.807) is 12.3 Å². The summed E-state index contributed by atoms with van der Waals surface area (Å²) in [5, 5.41) is 0.614. The van der Waals surface area contributed by atoms with Crippen molar-refractivity contribution in [3.8, 4) is 11.5 Å². The molecule has 0 radical (unpaired) electrons. The van der Waals surface area contributed by atoms with Crippen LogP contribution in [0, 0.1) is 0 Å². The summed E-state index contributed by atoms with van der Waals surface area (Å²) in [4.78, 5) is 15.0. The summed E-state index contributed by atoms with van der Waals surface area (Å²) in [6.45, 7) is 0. The van der Waals surface area contributed by atoms with Crippen molar-refractivity contribution in [2.24, 2.45) is 0 Å². The molecule has 0 unspecified atom stereocenters. The number of benzene rings is 1. The number of H-pyrrole nitrogens is 1. The van der Waals surface area contributed by atoms with Crippen molar-refractivity contribution in [1.82, 2.24) is 4.98 Å². The maximum absolute atomic E-state index is 12.0. The fourth-order valence-electron chi connectivity index (χ4n) is 1.60. The maximum Gasteiger partial charge on any atom is 0.205 e. The summed E-state index contributed by atoms with van der Waals surface area (Å²) in [5.74, 6) is 0.908. The van der Waals surface area contributed by atoms with Crippen LogP contribution in [-0.2, 0) is 0 Å². The normalized spacial score (nSPS) is 10.6. The fraction of sp³-hybridized carbons (Fsp3) is 0.182. The van der Waals surface area contributed by atoms with Gasteiger partial charge in [0.15, 0.2) is 0 Å². The van der Waals surface area contributed by atoms with E-state index < -0.39 is 0 Å². The SMILES string of the molecule is COc1cc(OC)c2[nH]cc(Br)c(=O)c2c1Cl. The summed E-state index contributed by atoms with van der Waals surface area (Å²) in [7, 11) is 3.00. The Hall–Kier alpha value is -1.20. The molecule has 0 saturated heterocycles. The van der Waals surface area contributed by atoms with Crippen molar-refractivity contribution in [2.45, 2.75) is 0 Å². The Bertz CT molecular complexity index is 639. The van der Waals surface area contributed by atoms with E-state index in [2.05, 4.69) is 20.9 Å². The second kappa shape index (κ2) is 4.58. The van der Waals surface area contributed by atoms with E-state index in [0.29, 0.717) is 26.9 Å². The molecule has 90 valence electrons. The number of methoxy groups -OCH3 is 2. The van der Waals surface area contributed by atoms with E-state index in [1.165, 1.54) is 14.2 Å². The van der Waals surface area contributed by atoms with Crippen LogP contribution in [-0.4, -0.2) is 19.2 Å². The van der Waals surface area contributed by atoms with Crippen LogP contribution in [0.25, 0.3) is 10.9 Å². The highest BCUT2D eigenvalue weighted by Gasteiger charge is 2.16. The number of nitrogens with one attached hydrogen (secondary N) is 1. The van der Waals surface area contributed by atoms with Gasteiger partial charge in [0.25, 0.3) is 0 Å². The Morgan fingerprint density at radius 1 is 1.29 bits per heavy atom. The molecule has 0 aliphatic rings. The summed E-state index contributed by atoms with van der Waals surface area (Å²) in [6.07, 6.45) is 1.55. The second-order valence-electron chi connectivity index (χ2n) is 3.31. The van der Waals surface area contributed by atoms with Gasteiger partial charge in [-0.25, -0.2) is 0 Å². The number of hydrogen-bond donors (Lipinski definition) is 1. The number of fused-ring (bicyclic) bond motifs is 1. The van der Waals surface area contributed by atoms with Gasteiger partial charge in [-0.15, -0.1) is 0 Å². The average Bonchev–Trinajstić information content (AvgIpc) is 2.34. The molecule has 17 heavy (non-hydrogen) atoms. The zero-order chi connectivity index (χ0) is 12.6. The number of hydrogen-bond acceptors (Lipinski definition) is 3. The zero-order valence-electron chi connectivity index (χ0n) is 9.14. The lowest BCUT2D eigenvalue weighted by atomic mass is 10.2. The van der Waals surface area contributed by atoms with Crippen molar-refractivity contribution >= 4 is 38.4 Å². The third-order valence-electron chi connectivity index (χ3n) is 2.42. The van der Waals surface area contributed by atoms with Gasteiger partial charge in [-0.2, -0.15) is 0 Å². The molecule has 6 heteroatoms. The van der Waals surface area contributed by atoms with Crippen molar-refractivity contribution in [3.05, 3.63) is 32.0 Å². The first kappa shape index (κ1) is 12.3. The highest BCUT2D eigenvalue weighted by molar-refractivity contribution is 9.10. The van der Waals surface area contributed by atoms with Gasteiger partial charge in [-0.05, 0) is 15.9 Å². The van der Waals surface area contributed by atoms with E-state index in [1.807, 2.05) is 0 Å². The van der Waals surface area contributed by atoms with Gasteiger partial charge in [-0.3, -0.25) is 4.79 Å². The summed E-state index contributed by atoms with van der Waals surface area (Å²) in [6, 6.07) is 1.63. The molecule has 1 aromatic carbocycles. The van der Waals surface area contributed by atoms with Crippen LogP contribution in [0.5, 0.6) is 11.5 Å². The molecule has 0 fully saturated rings. The molecule has 1 heterocycles. The van der Waals surface area contributed by atoms with E-state index in [-0.39, 0.29) is 10.5 Å². The summed E-state index contributed by atoms with van der Waals surface area (Å²) in [5.41, 5.74) is 0.340. The van der Waals surface area contributed by atoms with Gasteiger partial charge < -0.3 is 14.5 Å². The van der Waals surface area contributed by atoms with Gasteiger partial charge in [0.05, 0.1) is 34.6 Å². The monoisotopic (exact) mass is 317 g/mol. The summed E-state index contributed by atoms with van der Waals surface area (Å²) >= 11 is 9.29. The molecule has 0 bridgehead atoms. The highest BCUT2D eigenvalue weighted by Crippen LogP contribution is 2.36. The van der Waals surface area contributed by atoms with Gasteiger partial charge >= 0.3 is 0 Å². The quantitative estimate of drug-likeness (QED) is 0.926. The van der Waals surface area contributed by atoms with Crippen molar-refractivity contribution in [2.75, 3.05) is 14.2 Å². The summed E-state index contributed by atoms with van der Waals surface area (Å²) < 4.78 is 10.7. The van der Waals surface area contributed by atoms with Crippen LogP contribution >= 0.6 is 27.5 Å². The molecule has 0 amide bonds. The fourth-order valence-corrected chi connectivity index (χ4v) is 2.22. The Kier molecular flexibility index (Phi) is 3.31. The van der Waals surface area contributed by atoms with Crippen LogP contribution in [0.2, 0.25) is 5.02 Å². The van der Waals surface area contributed by atoms with Gasteiger partial charge in [0, 0.05) is 12.3 Å². The Morgan fingerprint density at radius 2 is 1.94 bits per heavy atom. The molecule has 2 rings (SSSR count). The number of rotatable bonds is 2. The molecule has 0 aliphatic heterocycles. The Labute approximate surface area is 111 Å². The number of ether oxygens (including phenoxy) is 2. The molecule has 1 N–H and O–H groups in total. The second-order valence-corrected chi connectivity index (χ2v) is 4.54. The molecular formula is C11H9BrClNO3. The minimum atomic E-state index is -0.207. The van der Waals surface area contributed by atoms with Crippen molar-refractivity contribution in [1.29, 1.82) is 0 Å². The number of halogens is 2. The first-order chi connectivity index (χ1) is 8.10. The maximum atomic E-state index is 12.0. The van der Waals surface area contributed by atoms with E-state index in [9.17, 15) is 4.79 Å². The molecule has 2 aromatic rings. The lowest BCUT2D eigenvalue weighted by Crippen LogP contribution is -2.06. The van der Waals surface area contributed by atoms with E-state index >= 15 is 0 Å². The van der Waals surface area contributed by atoms with Crippen LogP contribution < -0.4 is 14.9 Å². The third kappa shape index (κ3) is 1.89. The first-order valence-electron chi connectivity index (χ1n) is 4.71. The predicted octanol–water partition coefficient (Wildman–Crippen LogP) is 2.96. The molecule has 4 nitrogen and oxygen atoms in total. The molecule has 1 aromatic heterocycles. The minimum Gasteiger partial charge on any atom is -0.495 e. The molecule has 0 saturated carbocycles. The molecule has 0 spiro atoms. The Balaban J connectivity index is 3.01. The lowest BCUT2D eigenvalue weighted by Gasteiger charge is -2.10. The van der Waals surface area contributed by atoms with E-state index in [4.69, 9.17) is 21.1 Å². The van der Waals surface area contributed by atoms with Gasteiger partial charge in [0.1, 0.15) is 11.5 Å². The van der Waals surface area contributed by atoms with E-state index in [0.717, 1.165) is 0 Å². The van der Waals surface area contributed by atoms with Crippen LogP contribution in [0.15, 0.2) is 21.5 Å². The molecule has 0 atom stereocenters. The topological polar surface area (TPSA) is 51.3 Å². The molecule has 0 aliphatic carbocycles. The zero-order valence-corrected chi connectivity index (χ0v) is 11.5. The van der Waals surface area contributed by atoms with Crippen molar-refractivity contribution in [3.63, 3.8) is 0 Å².